The van der Waals surface area contributed by atoms with Gasteiger partial charge >= 0.3 is 5.97 Å². The summed E-state index contributed by atoms with van der Waals surface area (Å²) in [6.07, 6.45) is 4.12. The summed E-state index contributed by atoms with van der Waals surface area (Å²) in [5.74, 6) is 0.251. The molecule has 2 aliphatic carbocycles. The number of ether oxygens (including phenoxy) is 2. The van der Waals surface area contributed by atoms with Gasteiger partial charge in [-0.1, -0.05) is 13.8 Å². The van der Waals surface area contributed by atoms with Gasteiger partial charge in [0.05, 0.1) is 18.3 Å². The van der Waals surface area contributed by atoms with Crippen molar-refractivity contribution in [3.63, 3.8) is 0 Å². The van der Waals surface area contributed by atoms with Crippen LogP contribution in [-0.2, 0) is 14.3 Å². The number of aliphatic hydroxyl groups is 1. The first-order valence-electron chi connectivity index (χ1n) is 7.23. The Morgan fingerprint density at radius 3 is 2.95 bits per heavy atom. The zero-order valence-corrected chi connectivity index (χ0v) is 11.4. The molecule has 1 N–H and O–H groups in total. The summed E-state index contributed by atoms with van der Waals surface area (Å²) in [5, 5.41) is 9.41. The van der Waals surface area contributed by atoms with Crippen molar-refractivity contribution in [1.29, 1.82) is 0 Å². The van der Waals surface area contributed by atoms with Crippen molar-refractivity contribution in [1.82, 2.24) is 0 Å². The van der Waals surface area contributed by atoms with Crippen LogP contribution in [0.15, 0.2) is 11.1 Å². The van der Waals surface area contributed by atoms with Gasteiger partial charge in [0.1, 0.15) is 11.7 Å². The van der Waals surface area contributed by atoms with Crippen LogP contribution in [0.2, 0.25) is 0 Å². The summed E-state index contributed by atoms with van der Waals surface area (Å²) >= 11 is 0. The normalized spacial score (nSPS) is 51.3. The first-order chi connectivity index (χ1) is 9.02. The minimum Gasteiger partial charge on any atom is -0.454 e. The summed E-state index contributed by atoms with van der Waals surface area (Å²) in [6, 6.07) is 0. The predicted molar refractivity (Wildman–Crippen MR) is 67.3 cm³/mol. The molecule has 3 fully saturated rings. The van der Waals surface area contributed by atoms with Crippen LogP contribution in [0.4, 0.5) is 0 Å². The largest absolute Gasteiger partial charge is 0.454 e. The van der Waals surface area contributed by atoms with Crippen LogP contribution in [0.1, 0.15) is 39.5 Å². The quantitative estimate of drug-likeness (QED) is 0.577. The molecule has 4 heteroatoms. The summed E-state index contributed by atoms with van der Waals surface area (Å²) in [5.41, 5.74) is 1.53. The van der Waals surface area contributed by atoms with Crippen LogP contribution >= 0.6 is 0 Å². The Balaban J connectivity index is 1.78. The third-order valence-electron chi connectivity index (χ3n) is 6.21. The van der Waals surface area contributed by atoms with E-state index >= 15 is 0 Å². The second-order valence-electron chi connectivity index (χ2n) is 6.83. The zero-order valence-electron chi connectivity index (χ0n) is 11.4. The lowest BCUT2D eigenvalue weighted by molar-refractivity contribution is -0.142. The first-order valence-corrected chi connectivity index (χ1v) is 7.23. The molecule has 2 saturated carbocycles. The van der Waals surface area contributed by atoms with Crippen molar-refractivity contribution in [2.75, 3.05) is 6.61 Å². The van der Waals surface area contributed by atoms with E-state index < -0.39 is 0 Å². The van der Waals surface area contributed by atoms with Gasteiger partial charge in [0, 0.05) is 11.8 Å². The number of esters is 1. The van der Waals surface area contributed by atoms with E-state index in [1.165, 1.54) is 6.42 Å². The lowest BCUT2D eigenvalue weighted by Gasteiger charge is -2.49. The molecule has 0 aromatic rings. The van der Waals surface area contributed by atoms with Gasteiger partial charge in [-0.05, 0) is 30.8 Å². The zero-order chi connectivity index (χ0) is 13.4. The highest BCUT2D eigenvalue weighted by molar-refractivity contribution is 5.92. The van der Waals surface area contributed by atoms with E-state index in [-0.39, 0.29) is 29.7 Å². The number of fused-ring (bicyclic) bond motifs is 1. The number of hydrogen-bond donors (Lipinski definition) is 1. The number of hydrogen-bond acceptors (Lipinski definition) is 4. The standard InChI is InChI=1S/C15H20O4/c1-8-3-4-12-15(19-12)6-11-9(5-14(8,15)2)10(7-16)13(17)18-11/h8,11-12,16H,3-7H2,1-2H3/t8-,11+,12+,14+,15+/m0/s1. The Kier molecular flexibility index (Phi) is 2.14. The Hall–Kier alpha value is -0.870. The van der Waals surface area contributed by atoms with E-state index in [1.54, 1.807) is 0 Å². The number of carbonyl (C=O) groups excluding carboxylic acids is 1. The molecule has 0 amide bonds. The number of carbonyl (C=O) groups is 1. The van der Waals surface area contributed by atoms with Crippen molar-refractivity contribution < 1.29 is 19.4 Å². The van der Waals surface area contributed by atoms with Gasteiger partial charge in [-0.2, -0.15) is 0 Å². The average Bonchev–Trinajstić information content (AvgIpc) is 2.99. The molecule has 4 rings (SSSR count). The minimum atomic E-state index is -0.328. The third-order valence-corrected chi connectivity index (χ3v) is 6.21. The molecule has 0 aromatic heterocycles. The average molecular weight is 264 g/mol. The Morgan fingerprint density at radius 2 is 2.21 bits per heavy atom. The van der Waals surface area contributed by atoms with Gasteiger partial charge in [0.2, 0.25) is 0 Å². The Morgan fingerprint density at radius 1 is 1.42 bits per heavy atom. The Bertz CT molecular complexity index is 496. The highest BCUT2D eigenvalue weighted by Gasteiger charge is 2.73. The Labute approximate surface area is 112 Å². The third kappa shape index (κ3) is 1.24. The van der Waals surface area contributed by atoms with Crippen LogP contribution in [0.25, 0.3) is 0 Å². The van der Waals surface area contributed by atoms with E-state index in [0.717, 1.165) is 24.8 Å². The lowest BCUT2D eigenvalue weighted by atomic mass is 9.54. The molecule has 0 aromatic carbocycles. The van der Waals surface area contributed by atoms with E-state index in [0.29, 0.717) is 17.6 Å². The maximum absolute atomic E-state index is 11.8. The highest BCUT2D eigenvalue weighted by Crippen LogP contribution is 2.68. The lowest BCUT2D eigenvalue weighted by Crippen LogP contribution is -2.51. The summed E-state index contributed by atoms with van der Waals surface area (Å²) in [7, 11) is 0. The molecule has 0 radical (unpaired) electrons. The SMILES string of the molecule is C[C@H]1CC[C@H]2O[C@]23C[C@H]2OC(=O)C(CO)=C2C[C@]13C. The number of rotatable bonds is 1. The van der Waals surface area contributed by atoms with Crippen molar-refractivity contribution in [2.24, 2.45) is 11.3 Å². The minimum absolute atomic E-state index is 0.0793. The second-order valence-corrected chi connectivity index (χ2v) is 6.83. The van der Waals surface area contributed by atoms with Crippen LogP contribution in [0, 0.1) is 11.3 Å². The van der Waals surface area contributed by atoms with Gasteiger partial charge in [0.25, 0.3) is 0 Å². The summed E-state index contributed by atoms with van der Waals surface area (Å²) < 4.78 is 11.5. The molecule has 2 heterocycles. The topological polar surface area (TPSA) is 59.1 Å². The van der Waals surface area contributed by atoms with E-state index in [9.17, 15) is 9.90 Å². The molecule has 1 saturated heterocycles. The predicted octanol–water partition coefficient (Wildman–Crippen LogP) is 1.57. The van der Waals surface area contributed by atoms with Crippen LogP contribution in [0.3, 0.4) is 0 Å². The van der Waals surface area contributed by atoms with Crippen molar-refractivity contribution in [2.45, 2.75) is 57.3 Å². The van der Waals surface area contributed by atoms with Crippen LogP contribution in [0.5, 0.6) is 0 Å². The molecule has 4 nitrogen and oxygen atoms in total. The molecular formula is C15H20O4. The second kappa shape index (κ2) is 3.41. The van der Waals surface area contributed by atoms with Gasteiger partial charge in [-0.3, -0.25) is 0 Å². The van der Waals surface area contributed by atoms with E-state index in [4.69, 9.17) is 9.47 Å². The van der Waals surface area contributed by atoms with Crippen molar-refractivity contribution in [3.05, 3.63) is 11.1 Å². The first kappa shape index (κ1) is 11.9. The molecule has 5 atom stereocenters. The fourth-order valence-electron chi connectivity index (χ4n) is 4.71. The molecule has 0 bridgehead atoms. The molecule has 0 unspecified atom stereocenters. The molecule has 104 valence electrons. The number of aliphatic hydroxyl groups excluding tert-OH is 1. The fraction of sp³-hybridized carbons (Fsp3) is 0.800. The van der Waals surface area contributed by atoms with Crippen molar-refractivity contribution >= 4 is 5.97 Å². The van der Waals surface area contributed by atoms with E-state index in [2.05, 4.69) is 13.8 Å². The van der Waals surface area contributed by atoms with Crippen LogP contribution < -0.4 is 0 Å². The summed E-state index contributed by atoms with van der Waals surface area (Å²) in [4.78, 5) is 11.8. The molecule has 4 aliphatic rings. The van der Waals surface area contributed by atoms with Crippen LogP contribution in [-0.4, -0.2) is 35.5 Å². The highest BCUT2D eigenvalue weighted by atomic mass is 16.6. The van der Waals surface area contributed by atoms with E-state index in [1.807, 2.05) is 0 Å². The maximum atomic E-state index is 11.8. The maximum Gasteiger partial charge on any atom is 0.337 e. The fourth-order valence-corrected chi connectivity index (χ4v) is 4.71. The molecule has 2 aliphatic heterocycles. The molecular weight excluding hydrogens is 244 g/mol. The van der Waals surface area contributed by atoms with Gasteiger partial charge < -0.3 is 14.6 Å². The van der Waals surface area contributed by atoms with Gasteiger partial charge in [-0.15, -0.1) is 0 Å². The van der Waals surface area contributed by atoms with Crippen molar-refractivity contribution in [3.8, 4) is 0 Å². The summed E-state index contributed by atoms with van der Waals surface area (Å²) in [6.45, 7) is 4.38. The molecule has 19 heavy (non-hydrogen) atoms. The monoisotopic (exact) mass is 264 g/mol. The van der Waals surface area contributed by atoms with Gasteiger partial charge in [0.15, 0.2) is 0 Å². The smallest absolute Gasteiger partial charge is 0.337 e. The molecule has 1 spiro atoms. The van der Waals surface area contributed by atoms with Gasteiger partial charge in [-0.25, -0.2) is 4.79 Å². The number of epoxide rings is 1.